The average Bonchev–Trinajstić information content (AvgIpc) is 3.56. The normalized spacial score (nSPS) is 21.4. The molecular formula is C38H50FN5O5. The molecule has 1 aromatic carbocycles. The molecule has 4 heterocycles. The minimum Gasteiger partial charge on any atom is -0.444 e. The summed E-state index contributed by atoms with van der Waals surface area (Å²) >= 11 is 0. The van der Waals surface area contributed by atoms with E-state index in [1.807, 2.05) is 71.8 Å². The van der Waals surface area contributed by atoms with Crippen LogP contribution in [0.25, 0.3) is 16.6 Å². The lowest BCUT2D eigenvalue weighted by Gasteiger charge is -2.40. The Kier molecular flexibility index (Phi) is 10.2. The summed E-state index contributed by atoms with van der Waals surface area (Å²) in [5.41, 5.74) is 1.84. The van der Waals surface area contributed by atoms with Crippen LogP contribution in [0, 0.1) is 18.7 Å². The summed E-state index contributed by atoms with van der Waals surface area (Å²) in [4.78, 5) is 64.6. The molecule has 2 aliphatic rings. The van der Waals surface area contributed by atoms with Gasteiger partial charge in [0, 0.05) is 60.0 Å². The minimum atomic E-state index is -0.673. The summed E-state index contributed by atoms with van der Waals surface area (Å²) in [5, 5.41) is 0.704. The number of rotatable bonds is 7. The molecule has 0 N–H and O–H groups in total. The minimum absolute atomic E-state index is 0.0383. The van der Waals surface area contributed by atoms with Crippen LogP contribution in [0.2, 0.25) is 0 Å². The van der Waals surface area contributed by atoms with Gasteiger partial charge in [0.1, 0.15) is 17.5 Å². The lowest BCUT2D eigenvalue weighted by molar-refractivity contribution is -0.140. The van der Waals surface area contributed by atoms with Crippen LogP contribution in [0.4, 0.5) is 9.18 Å². The van der Waals surface area contributed by atoms with Crippen molar-refractivity contribution in [3.05, 3.63) is 59.3 Å². The number of carbonyl (C=O) groups is 4. The molecule has 2 saturated heterocycles. The second-order valence-electron chi connectivity index (χ2n) is 14.8. The zero-order chi connectivity index (χ0) is 35.9. The van der Waals surface area contributed by atoms with Gasteiger partial charge >= 0.3 is 6.09 Å². The maximum atomic E-state index is 14.7. The van der Waals surface area contributed by atoms with E-state index in [9.17, 15) is 23.6 Å². The molecule has 0 spiro atoms. The third-order valence-corrected chi connectivity index (χ3v) is 10.00. The van der Waals surface area contributed by atoms with E-state index in [4.69, 9.17) is 4.74 Å². The Morgan fingerprint density at radius 2 is 1.78 bits per heavy atom. The van der Waals surface area contributed by atoms with Crippen LogP contribution in [-0.4, -0.2) is 90.8 Å². The largest absolute Gasteiger partial charge is 0.444 e. The summed E-state index contributed by atoms with van der Waals surface area (Å²) in [6.45, 7) is 17.8. The zero-order valence-corrected chi connectivity index (χ0v) is 30.2. The van der Waals surface area contributed by atoms with Gasteiger partial charge < -0.3 is 19.1 Å². The molecule has 49 heavy (non-hydrogen) atoms. The van der Waals surface area contributed by atoms with Gasteiger partial charge in [-0.05, 0) is 112 Å². The number of halogens is 1. The summed E-state index contributed by atoms with van der Waals surface area (Å²) in [7, 11) is 0. The van der Waals surface area contributed by atoms with Crippen molar-refractivity contribution in [2.75, 3.05) is 13.1 Å². The summed E-state index contributed by atoms with van der Waals surface area (Å²) in [5.74, 6) is -1.31. The second-order valence-corrected chi connectivity index (χ2v) is 14.8. The zero-order valence-electron chi connectivity index (χ0n) is 30.2. The van der Waals surface area contributed by atoms with Crippen molar-refractivity contribution in [2.45, 2.75) is 118 Å². The average molecular weight is 676 g/mol. The molecule has 3 amide bonds. The highest BCUT2D eigenvalue weighted by Crippen LogP contribution is 2.36. The summed E-state index contributed by atoms with van der Waals surface area (Å²) < 4.78 is 22.1. The lowest BCUT2D eigenvalue weighted by Crippen LogP contribution is -2.55. The van der Waals surface area contributed by atoms with E-state index in [-0.39, 0.29) is 47.2 Å². The number of ether oxygens (including phenoxy) is 1. The Morgan fingerprint density at radius 1 is 1.06 bits per heavy atom. The fourth-order valence-electron chi connectivity index (χ4n) is 7.64. The number of Topliss-reactive ketones (excluding diaryl/α,β-unsaturated/α-hetero) is 1. The number of hydrogen-bond acceptors (Lipinski definition) is 6. The fourth-order valence-corrected chi connectivity index (χ4v) is 7.64. The molecule has 5 rings (SSSR count). The first kappa shape index (κ1) is 36.0. The van der Waals surface area contributed by atoms with Crippen molar-refractivity contribution in [1.29, 1.82) is 0 Å². The molecule has 2 aromatic heterocycles. The van der Waals surface area contributed by atoms with Gasteiger partial charge in [0.25, 0.3) is 5.91 Å². The Hall–Kier alpha value is -4.28. The van der Waals surface area contributed by atoms with Crippen molar-refractivity contribution in [3.8, 4) is 5.69 Å². The van der Waals surface area contributed by atoms with Gasteiger partial charge in [-0.25, -0.2) is 9.18 Å². The molecule has 10 nitrogen and oxygen atoms in total. The third-order valence-electron chi connectivity index (χ3n) is 10.00. The topological polar surface area (TPSA) is 105 Å². The van der Waals surface area contributed by atoms with Gasteiger partial charge in [0.2, 0.25) is 5.91 Å². The second kappa shape index (κ2) is 13.9. The third kappa shape index (κ3) is 6.94. The number of fused-ring (bicyclic) bond motifs is 1. The number of pyridine rings is 1. The van der Waals surface area contributed by atoms with Crippen LogP contribution in [0.3, 0.4) is 0 Å². The Balaban J connectivity index is 1.43. The molecule has 3 aromatic rings. The number of likely N-dealkylation sites (tertiary alicyclic amines) is 2. The maximum absolute atomic E-state index is 14.7. The summed E-state index contributed by atoms with van der Waals surface area (Å²) in [6.07, 6.45) is 5.05. The number of aromatic nitrogens is 2. The van der Waals surface area contributed by atoms with E-state index < -0.39 is 23.6 Å². The van der Waals surface area contributed by atoms with E-state index in [1.165, 1.54) is 12.1 Å². The van der Waals surface area contributed by atoms with Gasteiger partial charge in [0.15, 0.2) is 5.78 Å². The first-order valence-electron chi connectivity index (χ1n) is 17.5. The predicted molar refractivity (Wildman–Crippen MR) is 186 cm³/mol. The highest BCUT2D eigenvalue weighted by molar-refractivity contribution is 6.11. The van der Waals surface area contributed by atoms with Crippen molar-refractivity contribution in [1.82, 2.24) is 24.3 Å². The Labute approximate surface area is 288 Å². The van der Waals surface area contributed by atoms with Crippen LogP contribution >= 0.6 is 0 Å². The highest BCUT2D eigenvalue weighted by atomic mass is 19.1. The van der Waals surface area contributed by atoms with Gasteiger partial charge in [-0.3, -0.25) is 24.3 Å². The molecular weight excluding hydrogens is 625 g/mol. The first-order valence-corrected chi connectivity index (χ1v) is 17.5. The molecule has 11 heteroatoms. The van der Waals surface area contributed by atoms with Crippen molar-refractivity contribution >= 4 is 34.6 Å². The molecule has 2 fully saturated rings. The van der Waals surface area contributed by atoms with Crippen molar-refractivity contribution in [3.63, 3.8) is 0 Å². The van der Waals surface area contributed by atoms with Crippen LogP contribution in [-0.2, 0) is 9.53 Å². The van der Waals surface area contributed by atoms with Crippen LogP contribution in [0.5, 0.6) is 0 Å². The molecule has 264 valence electrons. The van der Waals surface area contributed by atoms with Crippen LogP contribution in [0.1, 0.15) is 107 Å². The van der Waals surface area contributed by atoms with E-state index >= 15 is 0 Å². The Morgan fingerprint density at radius 3 is 2.41 bits per heavy atom. The number of carbonyl (C=O) groups excluding carboxylic acids is 4. The van der Waals surface area contributed by atoms with E-state index in [0.717, 1.165) is 0 Å². The van der Waals surface area contributed by atoms with Crippen LogP contribution < -0.4 is 0 Å². The Bertz CT molecular complexity index is 1760. The highest BCUT2D eigenvalue weighted by Gasteiger charge is 2.45. The number of ketones is 1. The molecule has 0 radical (unpaired) electrons. The smallest absolute Gasteiger partial charge is 0.411 e. The summed E-state index contributed by atoms with van der Waals surface area (Å²) in [6, 6.07) is 4.95. The molecule has 0 saturated carbocycles. The number of benzene rings is 1. The molecule has 0 unspecified atom stereocenters. The molecule has 0 aliphatic carbocycles. The fraction of sp³-hybridized carbons (Fsp3) is 0.553. The van der Waals surface area contributed by atoms with E-state index in [2.05, 4.69) is 4.98 Å². The number of hydrogen-bond donors (Lipinski definition) is 0. The van der Waals surface area contributed by atoms with Gasteiger partial charge in [0.05, 0.1) is 23.0 Å². The van der Waals surface area contributed by atoms with Crippen LogP contribution in [0.15, 0.2) is 36.7 Å². The monoisotopic (exact) mass is 675 g/mol. The lowest BCUT2D eigenvalue weighted by atomic mass is 9.84. The standard InChI is InChI=1S/C38H50FN5O5/c1-10-41(22(2)3)35(46)29-20-27(39)12-14-30(29)44-25(6)33(28-15-17-40-21-32(28)44)34(45)26-16-18-42(24(5)19-26)36(47)31-13-11-23(4)43(31)37(48)49-38(7,8)9/h12,14-15,17,20-24,26,31H,10-11,13,16,18-19H2,1-9H3/t23-,24-,26+,31-/m0/s1. The maximum Gasteiger partial charge on any atom is 0.411 e. The number of nitrogens with zero attached hydrogens (tertiary/aromatic N) is 5. The van der Waals surface area contributed by atoms with Gasteiger partial charge in [-0.15, -0.1) is 0 Å². The molecule has 0 bridgehead atoms. The molecule has 4 atom stereocenters. The van der Waals surface area contributed by atoms with Crippen molar-refractivity contribution < 1.29 is 28.3 Å². The predicted octanol–water partition coefficient (Wildman–Crippen LogP) is 6.94. The van der Waals surface area contributed by atoms with Gasteiger partial charge in [-0.2, -0.15) is 0 Å². The van der Waals surface area contributed by atoms with Gasteiger partial charge in [-0.1, -0.05) is 0 Å². The number of piperidine rings is 1. The number of amides is 3. The quantitative estimate of drug-likeness (QED) is 0.251. The van der Waals surface area contributed by atoms with Crippen molar-refractivity contribution in [2.24, 2.45) is 5.92 Å². The first-order chi connectivity index (χ1) is 23.0. The SMILES string of the molecule is CCN(C(=O)c1cc(F)ccc1-n1c(C)c(C(=O)[C@@H]2CCN(C(=O)[C@@H]3CC[C@H](C)N3C(=O)OC(C)(C)C)[C@@H](C)C2)c2ccncc21)C(C)C. The van der Waals surface area contributed by atoms with E-state index in [0.29, 0.717) is 66.6 Å². The molecule has 2 aliphatic heterocycles. The van der Waals surface area contributed by atoms with E-state index in [1.54, 1.807) is 34.3 Å².